The van der Waals surface area contributed by atoms with E-state index >= 15 is 0 Å². The van der Waals surface area contributed by atoms with Crippen molar-refractivity contribution in [3.8, 4) is 0 Å². The maximum atomic E-state index is 13.2. The number of allylic oxidation sites excluding steroid dienone is 16. The van der Waals surface area contributed by atoms with E-state index in [0.717, 1.165) is 96.3 Å². The van der Waals surface area contributed by atoms with E-state index < -0.39 is 18.2 Å². The number of aliphatic hydroxyl groups is 2. The van der Waals surface area contributed by atoms with Gasteiger partial charge < -0.3 is 20.3 Å². The fourth-order valence-corrected chi connectivity index (χ4v) is 7.87. The van der Waals surface area contributed by atoms with Crippen LogP contribution in [0.2, 0.25) is 0 Å². The summed E-state index contributed by atoms with van der Waals surface area (Å²) in [5.74, 6) is -0.568. The van der Waals surface area contributed by atoms with Crippen molar-refractivity contribution in [1.29, 1.82) is 0 Å². The first kappa shape index (κ1) is 63.8. The zero-order chi connectivity index (χ0) is 48.8. The molecule has 0 saturated carbocycles. The van der Waals surface area contributed by atoms with E-state index in [1.165, 1.54) is 109 Å². The zero-order valence-electron chi connectivity index (χ0n) is 43.8. The molecule has 0 bridgehead atoms. The molecule has 6 heteroatoms. The van der Waals surface area contributed by atoms with Crippen molar-refractivity contribution in [2.24, 2.45) is 0 Å². The van der Waals surface area contributed by atoms with Crippen LogP contribution in [-0.4, -0.2) is 46.9 Å². The molecular weight excluding hydrogens is 827 g/mol. The van der Waals surface area contributed by atoms with Gasteiger partial charge in [-0.05, 0) is 109 Å². The molecule has 0 spiro atoms. The molecule has 0 saturated heterocycles. The number of amides is 1. The summed E-state index contributed by atoms with van der Waals surface area (Å²) >= 11 is 0. The van der Waals surface area contributed by atoms with Gasteiger partial charge in [-0.2, -0.15) is 0 Å². The third kappa shape index (κ3) is 49.0. The van der Waals surface area contributed by atoms with Crippen LogP contribution in [-0.2, 0) is 14.3 Å². The lowest BCUT2D eigenvalue weighted by atomic mass is 10.0. The van der Waals surface area contributed by atoms with Crippen LogP contribution in [0.15, 0.2) is 97.2 Å². The molecule has 0 aliphatic carbocycles. The van der Waals surface area contributed by atoms with E-state index in [9.17, 15) is 19.8 Å². The quantitative estimate of drug-likeness (QED) is 0.0321. The molecule has 1 amide bonds. The lowest BCUT2D eigenvalue weighted by Gasteiger charge is -2.24. The van der Waals surface area contributed by atoms with Crippen LogP contribution in [0.3, 0.4) is 0 Å². The topological polar surface area (TPSA) is 95.9 Å². The monoisotopic (exact) mass is 932 g/mol. The van der Waals surface area contributed by atoms with Gasteiger partial charge in [0.1, 0.15) is 6.10 Å². The molecule has 3 atom stereocenters. The van der Waals surface area contributed by atoms with Crippen molar-refractivity contribution in [2.75, 3.05) is 6.61 Å². The van der Waals surface area contributed by atoms with Gasteiger partial charge in [0.05, 0.1) is 25.2 Å². The Morgan fingerprint density at radius 2 is 0.776 bits per heavy atom. The van der Waals surface area contributed by atoms with Crippen molar-refractivity contribution in [3.05, 3.63) is 97.2 Å². The lowest BCUT2D eigenvalue weighted by Crippen LogP contribution is -2.46. The van der Waals surface area contributed by atoms with Crippen LogP contribution in [0, 0.1) is 0 Å². The summed E-state index contributed by atoms with van der Waals surface area (Å²) in [5, 5.41) is 23.8. The van der Waals surface area contributed by atoms with Crippen LogP contribution in [0.5, 0.6) is 0 Å². The van der Waals surface area contributed by atoms with Crippen LogP contribution < -0.4 is 5.32 Å². The predicted molar refractivity (Wildman–Crippen MR) is 291 cm³/mol. The Hall–Kier alpha value is -3.22. The van der Waals surface area contributed by atoms with E-state index in [0.29, 0.717) is 19.3 Å². The minimum absolute atomic E-state index is 0.0221. The van der Waals surface area contributed by atoms with Gasteiger partial charge in [0.25, 0.3) is 0 Å². The Bertz CT molecular complexity index is 1320. The number of esters is 1. The highest BCUT2D eigenvalue weighted by Crippen LogP contribution is 2.16. The number of rotatable bonds is 49. The van der Waals surface area contributed by atoms with Crippen molar-refractivity contribution in [3.63, 3.8) is 0 Å². The van der Waals surface area contributed by atoms with Gasteiger partial charge in [-0.25, -0.2) is 0 Å². The third-order valence-corrected chi connectivity index (χ3v) is 12.1. The van der Waals surface area contributed by atoms with Crippen LogP contribution in [0.4, 0.5) is 0 Å². The smallest absolute Gasteiger partial charge is 0.306 e. The van der Waals surface area contributed by atoms with E-state index in [1.807, 2.05) is 0 Å². The number of ether oxygens (including phenoxy) is 1. The Morgan fingerprint density at radius 3 is 1.19 bits per heavy atom. The highest BCUT2D eigenvalue weighted by atomic mass is 16.5. The highest BCUT2D eigenvalue weighted by molar-refractivity contribution is 5.77. The highest BCUT2D eigenvalue weighted by Gasteiger charge is 2.24. The average molecular weight is 933 g/mol. The molecule has 0 aromatic rings. The second kappa shape index (κ2) is 53.7. The first-order chi connectivity index (χ1) is 33.0. The summed E-state index contributed by atoms with van der Waals surface area (Å²) in [4.78, 5) is 26.2. The SMILES string of the molecule is CCCCC/C=C\C/C=C\C/C=C\C/C=C\CCCCCC(=O)OC(CCC/C=C\C/C=C\C/C=C\C/C=C\CCCCC)CC(=O)NC(CO)C(O)CCCCCCCCCCCCCC. The van der Waals surface area contributed by atoms with E-state index in [4.69, 9.17) is 4.74 Å². The van der Waals surface area contributed by atoms with Crippen LogP contribution in [0.1, 0.15) is 252 Å². The molecule has 3 unspecified atom stereocenters. The summed E-state index contributed by atoms with van der Waals surface area (Å²) in [6.07, 6.45) is 71.8. The minimum atomic E-state index is -0.813. The standard InChI is InChI=1S/C61H105NO5/c1-4-7-10-13-16-19-22-25-27-29-30-32-34-36-39-42-45-48-51-54-61(66)67-57(52-49-46-43-40-37-35-33-31-28-26-23-20-17-14-11-8-5-2)55-60(65)62-58(56-63)59(64)53-50-47-44-41-38-24-21-18-15-12-9-6-3/h16-17,19-20,25-28,30,32-33,35-36,39-40,43,57-59,63-64H,4-15,18,21-24,29,31,34,37-38,41-42,44-56H2,1-3H3,(H,62,65)/b19-16-,20-17-,27-25-,28-26-,32-30-,35-33-,39-36-,43-40-. The number of unbranched alkanes of at least 4 members (excludes halogenated alkanes) is 21. The van der Waals surface area contributed by atoms with Crippen molar-refractivity contribution >= 4 is 11.9 Å². The third-order valence-electron chi connectivity index (χ3n) is 12.1. The molecular formula is C61H105NO5. The molecule has 384 valence electrons. The first-order valence-corrected chi connectivity index (χ1v) is 28.0. The molecule has 6 nitrogen and oxygen atoms in total. The summed E-state index contributed by atoms with van der Waals surface area (Å²) < 4.78 is 5.91. The largest absolute Gasteiger partial charge is 0.462 e. The van der Waals surface area contributed by atoms with Gasteiger partial charge >= 0.3 is 5.97 Å². The molecule has 0 heterocycles. The van der Waals surface area contributed by atoms with E-state index in [-0.39, 0.29) is 24.9 Å². The van der Waals surface area contributed by atoms with E-state index in [1.54, 1.807) is 0 Å². The van der Waals surface area contributed by atoms with Gasteiger partial charge in [-0.1, -0.05) is 227 Å². The number of carbonyl (C=O) groups excluding carboxylic acids is 2. The molecule has 0 radical (unpaired) electrons. The Kier molecular flexibility index (Phi) is 51.1. The van der Waals surface area contributed by atoms with Gasteiger partial charge in [0.15, 0.2) is 0 Å². The predicted octanol–water partition coefficient (Wildman–Crippen LogP) is 17.3. The summed E-state index contributed by atoms with van der Waals surface area (Å²) in [6.45, 7) is 6.40. The molecule has 0 rings (SSSR count). The summed E-state index contributed by atoms with van der Waals surface area (Å²) in [7, 11) is 0. The lowest BCUT2D eigenvalue weighted by molar-refractivity contribution is -0.151. The number of hydrogen-bond acceptors (Lipinski definition) is 5. The fraction of sp³-hybridized carbons (Fsp3) is 0.705. The summed E-state index contributed by atoms with van der Waals surface area (Å²) in [6, 6.07) is -0.732. The van der Waals surface area contributed by atoms with Crippen LogP contribution >= 0.6 is 0 Å². The number of carbonyl (C=O) groups is 2. The average Bonchev–Trinajstić information content (AvgIpc) is 3.32. The fourth-order valence-electron chi connectivity index (χ4n) is 7.87. The minimum Gasteiger partial charge on any atom is -0.462 e. The van der Waals surface area contributed by atoms with Gasteiger partial charge in [0.2, 0.25) is 5.91 Å². The molecule has 0 aliphatic rings. The molecule has 67 heavy (non-hydrogen) atoms. The first-order valence-electron chi connectivity index (χ1n) is 28.0. The number of aliphatic hydroxyl groups excluding tert-OH is 2. The van der Waals surface area contributed by atoms with Gasteiger partial charge in [0, 0.05) is 6.42 Å². The number of hydrogen-bond donors (Lipinski definition) is 3. The second-order valence-corrected chi connectivity index (χ2v) is 18.6. The van der Waals surface area contributed by atoms with Crippen LogP contribution in [0.25, 0.3) is 0 Å². The van der Waals surface area contributed by atoms with Crippen molar-refractivity contribution in [1.82, 2.24) is 5.32 Å². The summed E-state index contributed by atoms with van der Waals surface area (Å²) in [5.41, 5.74) is 0. The molecule has 0 aliphatic heterocycles. The number of nitrogens with one attached hydrogen (secondary N) is 1. The molecule has 0 fully saturated rings. The zero-order valence-corrected chi connectivity index (χ0v) is 43.8. The molecule has 0 aromatic carbocycles. The molecule has 0 aromatic heterocycles. The maximum Gasteiger partial charge on any atom is 0.306 e. The Labute approximate surface area is 414 Å². The van der Waals surface area contributed by atoms with Crippen molar-refractivity contribution in [2.45, 2.75) is 270 Å². The second-order valence-electron chi connectivity index (χ2n) is 18.6. The van der Waals surface area contributed by atoms with Crippen molar-refractivity contribution < 1.29 is 24.5 Å². The van der Waals surface area contributed by atoms with E-state index in [2.05, 4.69) is 123 Å². The Balaban J connectivity index is 4.75. The Morgan fingerprint density at radius 1 is 0.433 bits per heavy atom. The van der Waals surface area contributed by atoms with Gasteiger partial charge in [-0.3, -0.25) is 9.59 Å². The molecule has 3 N–H and O–H groups in total. The van der Waals surface area contributed by atoms with Gasteiger partial charge in [-0.15, -0.1) is 0 Å². The normalized spacial score (nSPS) is 13.9. The maximum absolute atomic E-state index is 13.2.